The molecular formula is C47H82O6. The van der Waals surface area contributed by atoms with Gasteiger partial charge in [-0.05, 0) is 70.6 Å². The van der Waals surface area contributed by atoms with E-state index < -0.39 is 6.10 Å². The van der Waals surface area contributed by atoms with Crippen molar-refractivity contribution in [2.75, 3.05) is 13.2 Å². The van der Waals surface area contributed by atoms with E-state index in [2.05, 4.69) is 69.4 Å². The molecule has 0 bridgehead atoms. The van der Waals surface area contributed by atoms with Crippen molar-refractivity contribution >= 4 is 17.9 Å². The monoisotopic (exact) mass is 743 g/mol. The minimum atomic E-state index is -0.780. The molecule has 1 atom stereocenters. The highest BCUT2D eigenvalue weighted by molar-refractivity contribution is 5.71. The van der Waals surface area contributed by atoms with Crippen LogP contribution in [0.4, 0.5) is 0 Å². The van der Waals surface area contributed by atoms with Crippen LogP contribution >= 0.6 is 0 Å². The van der Waals surface area contributed by atoms with E-state index >= 15 is 0 Å². The first-order valence-corrected chi connectivity index (χ1v) is 22.1. The molecule has 0 aromatic rings. The van der Waals surface area contributed by atoms with Gasteiger partial charge in [-0.3, -0.25) is 14.4 Å². The number of carbonyl (C=O) groups is 3. The molecule has 0 aromatic heterocycles. The van der Waals surface area contributed by atoms with E-state index in [4.69, 9.17) is 14.2 Å². The van der Waals surface area contributed by atoms with Gasteiger partial charge in [-0.25, -0.2) is 0 Å². The summed E-state index contributed by atoms with van der Waals surface area (Å²) in [6, 6.07) is 0. The summed E-state index contributed by atoms with van der Waals surface area (Å²) in [6.07, 6.45) is 48.1. The summed E-state index contributed by atoms with van der Waals surface area (Å²) in [7, 11) is 0. The average Bonchev–Trinajstić information content (AvgIpc) is 3.15. The summed E-state index contributed by atoms with van der Waals surface area (Å²) >= 11 is 0. The highest BCUT2D eigenvalue weighted by Crippen LogP contribution is 2.13. The highest BCUT2D eigenvalue weighted by Gasteiger charge is 2.19. The Bertz CT molecular complexity index is 949. The van der Waals surface area contributed by atoms with Crippen LogP contribution in [0.2, 0.25) is 0 Å². The van der Waals surface area contributed by atoms with Gasteiger partial charge >= 0.3 is 17.9 Å². The third-order valence-electron chi connectivity index (χ3n) is 9.29. The number of ether oxygens (including phenoxy) is 3. The van der Waals surface area contributed by atoms with Crippen LogP contribution in [0.3, 0.4) is 0 Å². The van der Waals surface area contributed by atoms with Crippen LogP contribution in [0.1, 0.15) is 213 Å². The number of esters is 3. The van der Waals surface area contributed by atoms with Gasteiger partial charge in [0, 0.05) is 19.3 Å². The van der Waals surface area contributed by atoms with Crippen molar-refractivity contribution in [2.24, 2.45) is 0 Å². The molecule has 0 saturated carbocycles. The Kier molecular flexibility index (Phi) is 40.0. The van der Waals surface area contributed by atoms with E-state index in [1.165, 1.54) is 64.2 Å². The van der Waals surface area contributed by atoms with Gasteiger partial charge in [-0.2, -0.15) is 0 Å². The minimum Gasteiger partial charge on any atom is -0.462 e. The first-order valence-electron chi connectivity index (χ1n) is 22.1. The van der Waals surface area contributed by atoms with E-state index in [1.807, 2.05) is 0 Å². The smallest absolute Gasteiger partial charge is 0.306 e. The van der Waals surface area contributed by atoms with E-state index in [-0.39, 0.29) is 31.1 Å². The summed E-state index contributed by atoms with van der Waals surface area (Å²) in [5.74, 6) is -0.919. The molecular weight excluding hydrogens is 661 g/mol. The molecule has 53 heavy (non-hydrogen) atoms. The van der Waals surface area contributed by atoms with Gasteiger partial charge in [0.1, 0.15) is 13.2 Å². The standard InChI is InChI=1S/C47H82O6/c1-4-7-10-13-16-19-21-23-25-26-28-31-34-37-40-46(49)52-43-44(42-51-45(48)39-36-33-30-18-15-12-9-6-3)53-47(50)41-38-35-32-29-27-24-22-20-17-14-11-8-5-2/h11,13-14,16,20-23,44H,4-10,12,15,17-19,24-43H2,1-3H3/b14-11-,16-13-,22-20-,23-21-. The summed E-state index contributed by atoms with van der Waals surface area (Å²) < 4.78 is 16.6. The first kappa shape index (κ1) is 50.4. The third kappa shape index (κ3) is 40.4. The fourth-order valence-electron chi connectivity index (χ4n) is 5.91. The number of allylic oxidation sites excluding steroid dienone is 8. The lowest BCUT2D eigenvalue weighted by Gasteiger charge is -2.18. The molecule has 0 fully saturated rings. The van der Waals surface area contributed by atoms with Crippen LogP contribution in [-0.2, 0) is 28.6 Å². The van der Waals surface area contributed by atoms with E-state index in [0.29, 0.717) is 19.3 Å². The second-order valence-electron chi connectivity index (χ2n) is 14.6. The summed E-state index contributed by atoms with van der Waals surface area (Å²) in [5, 5.41) is 0. The molecule has 0 spiro atoms. The first-order chi connectivity index (χ1) is 26.0. The molecule has 0 heterocycles. The fourth-order valence-corrected chi connectivity index (χ4v) is 5.91. The highest BCUT2D eigenvalue weighted by atomic mass is 16.6. The topological polar surface area (TPSA) is 78.9 Å². The zero-order chi connectivity index (χ0) is 38.7. The molecule has 306 valence electrons. The van der Waals surface area contributed by atoms with Gasteiger partial charge < -0.3 is 14.2 Å². The molecule has 0 amide bonds. The van der Waals surface area contributed by atoms with Crippen molar-refractivity contribution in [3.05, 3.63) is 48.6 Å². The number of rotatable bonds is 39. The van der Waals surface area contributed by atoms with E-state index in [9.17, 15) is 14.4 Å². The summed E-state index contributed by atoms with van der Waals surface area (Å²) in [4.78, 5) is 37.6. The zero-order valence-corrected chi connectivity index (χ0v) is 34.8. The molecule has 0 aliphatic rings. The van der Waals surface area contributed by atoms with Gasteiger partial charge in [-0.15, -0.1) is 0 Å². The normalized spacial score (nSPS) is 12.4. The molecule has 1 unspecified atom stereocenters. The maximum atomic E-state index is 12.7. The van der Waals surface area contributed by atoms with E-state index in [1.54, 1.807) is 0 Å². The number of hydrogen-bond acceptors (Lipinski definition) is 6. The molecule has 0 aliphatic heterocycles. The molecule has 0 N–H and O–H groups in total. The lowest BCUT2D eigenvalue weighted by Crippen LogP contribution is -2.30. The van der Waals surface area contributed by atoms with Gasteiger partial charge in [-0.1, -0.05) is 172 Å². The Morgan fingerprint density at radius 3 is 1.17 bits per heavy atom. The number of carbonyl (C=O) groups excluding carboxylic acids is 3. The molecule has 0 saturated heterocycles. The molecule has 0 aliphatic carbocycles. The van der Waals surface area contributed by atoms with Crippen LogP contribution in [0.15, 0.2) is 48.6 Å². The Morgan fingerprint density at radius 2 is 0.736 bits per heavy atom. The van der Waals surface area contributed by atoms with Gasteiger partial charge in [0.05, 0.1) is 0 Å². The Balaban J connectivity index is 4.39. The van der Waals surface area contributed by atoms with Crippen LogP contribution in [0.5, 0.6) is 0 Å². The van der Waals surface area contributed by atoms with Gasteiger partial charge in [0.25, 0.3) is 0 Å². The molecule has 0 aromatic carbocycles. The predicted octanol–water partition coefficient (Wildman–Crippen LogP) is 14.0. The SMILES string of the molecule is CCC/C=C\C/C=C\CCCCCCCC(=O)OC(COC(=O)CCCCCCC/C=C\C/C=C\CCCC)COC(=O)CCCCCCCCCC. The van der Waals surface area contributed by atoms with Crippen molar-refractivity contribution in [3.8, 4) is 0 Å². The Labute approximate surface area is 327 Å². The fraction of sp³-hybridized carbons (Fsp3) is 0.766. The van der Waals surface area contributed by atoms with Crippen molar-refractivity contribution < 1.29 is 28.6 Å². The lowest BCUT2D eigenvalue weighted by atomic mass is 10.1. The maximum Gasteiger partial charge on any atom is 0.306 e. The van der Waals surface area contributed by atoms with Crippen LogP contribution < -0.4 is 0 Å². The maximum absolute atomic E-state index is 12.7. The summed E-state index contributed by atoms with van der Waals surface area (Å²) in [6.45, 7) is 6.46. The second-order valence-corrected chi connectivity index (χ2v) is 14.6. The van der Waals surface area contributed by atoms with Crippen molar-refractivity contribution in [2.45, 2.75) is 219 Å². The number of unbranched alkanes of at least 4 members (excludes halogenated alkanes) is 20. The quantitative estimate of drug-likeness (QED) is 0.0270. The number of hydrogen-bond donors (Lipinski definition) is 0. The Morgan fingerprint density at radius 1 is 0.377 bits per heavy atom. The van der Waals surface area contributed by atoms with E-state index in [0.717, 1.165) is 109 Å². The molecule has 0 radical (unpaired) electrons. The molecule has 6 heteroatoms. The molecule has 6 nitrogen and oxygen atoms in total. The Hall–Kier alpha value is -2.63. The van der Waals surface area contributed by atoms with Crippen molar-refractivity contribution in [1.82, 2.24) is 0 Å². The van der Waals surface area contributed by atoms with Gasteiger partial charge in [0.15, 0.2) is 6.10 Å². The van der Waals surface area contributed by atoms with Crippen molar-refractivity contribution in [3.63, 3.8) is 0 Å². The predicted molar refractivity (Wildman–Crippen MR) is 224 cm³/mol. The average molecular weight is 743 g/mol. The second kappa shape index (κ2) is 42.1. The third-order valence-corrected chi connectivity index (χ3v) is 9.29. The zero-order valence-electron chi connectivity index (χ0n) is 34.8. The van der Waals surface area contributed by atoms with Crippen LogP contribution in [-0.4, -0.2) is 37.2 Å². The largest absolute Gasteiger partial charge is 0.462 e. The molecule has 0 rings (SSSR count). The van der Waals surface area contributed by atoms with Crippen molar-refractivity contribution in [1.29, 1.82) is 0 Å². The lowest BCUT2D eigenvalue weighted by molar-refractivity contribution is -0.167. The van der Waals surface area contributed by atoms with Crippen LogP contribution in [0.25, 0.3) is 0 Å². The summed E-state index contributed by atoms with van der Waals surface area (Å²) in [5.41, 5.74) is 0. The van der Waals surface area contributed by atoms with Gasteiger partial charge in [0.2, 0.25) is 0 Å². The minimum absolute atomic E-state index is 0.0830. The van der Waals surface area contributed by atoms with Crippen LogP contribution in [0, 0.1) is 0 Å².